The predicted octanol–water partition coefficient (Wildman–Crippen LogP) is 7.41. The molecule has 8 heteroatoms. The summed E-state index contributed by atoms with van der Waals surface area (Å²) >= 11 is 0. The van der Waals surface area contributed by atoms with Crippen molar-refractivity contribution >= 4 is 17.4 Å². The van der Waals surface area contributed by atoms with E-state index in [1.54, 1.807) is 31.4 Å². The third-order valence-electron chi connectivity index (χ3n) is 9.90. The number of ketones is 1. The number of non-ortho nitro benzene ring substituents is 1. The Balaban J connectivity index is 1.32. The van der Waals surface area contributed by atoms with E-state index < -0.39 is 4.92 Å². The lowest BCUT2D eigenvalue weighted by molar-refractivity contribution is -0.384. The van der Waals surface area contributed by atoms with E-state index in [-0.39, 0.29) is 40.3 Å². The van der Waals surface area contributed by atoms with Gasteiger partial charge >= 0.3 is 5.97 Å². The van der Waals surface area contributed by atoms with Gasteiger partial charge in [-0.15, -0.1) is 0 Å². The highest BCUT2D eigenvalue weighted by Crippen LogP contribution is 2.62. The minimum atomic E-state index is -0.518. The monoisotopic (exact) mass is 569 g/mol. The van der Waals surface area contributed by atoms with Crippen LogP contribution >= 0.6 is 0 Å². The highest BCUT2D eigenvalue weighted by atomic mass is 16.6. The summed E-state index contributed by atoms with van der Waals surface area (Å²) in [6, 6.07) is 16.8. The number of nitrogens with zero attached hydrogens (tertiary/aromatic N) is 1. The molecule has 0 radical (unpaired) electrons. The highest BCUT2D eigenvalue weighted by molar-refractivity contribution is 6.11. The van der Waals surface area contributed by atoms with Gasteiger partial charge in [-0.3, -0.25) is 19.7 Å². The van der Waals surface area contributed by atoms with Crippen molar-refractivity contribution in [1.82, 2.24) is 0 Å². The SMILES string of the molecule is COc1cc2c(cc1Oc1ccc([N+](=O)[O-])cc1C(=O)c1ccccc1)CC[C@@H]1[C@@H]2CC[C@]2(C)[C@@H](OC(C)=O)CC[C@@H]12. The van der Waals surface area contributed by atoms with E-state index in [4.69, 9.17) is 14.2 Å². The number of methoxy groups -OCH3 is 1. The van der Waals surface area contributed by atoms with E-state index in [0.717, 1.165) is 38.5 Å². The van der Waals surface area contributed by atoms with Crippen molar-refractivity contribution in [2.45, 2.75) is 64.4 Å². The zero-order valence-electron chi connectivity index (χ0n) is 24.1. The fourth-order valence-electron chi connectivity index (χ4n) is 7.92. The number of aryl methyl sites for hydroxylation is 1. The van der Waals surface area contributed by atoms with Crippen LogP contribution in [0.2, 0.25) is 0 Å². The molecular weight excluding hydrogens is 534 g/mol. The van der Waals surface area contributed by atoms with Crippen LogP contribution in [0.5, 0.6) is 17.2 Å². The summed E-state index contributed by atoms with van der Waals surface area (Å²) in [5, 5.41) is 11.5. The molecule has 3 aromatic carbocycles. The topological polar surface area (TPSA) is 105 Å². The first-order valence-electron chi connectivity index (χ1n) is 14.6. The second-order valence-corrected chi connectivity index (χ2v) is 12.1. The zero-order chi connectivity index (χ0) is 29.6. The first kappa shape index (κ1) is 27.9. The second kappa shape index (κ2) is 10.9. The molecule has 0 saturated heterocycles. The van der Waals surface area contributed by atoms with Crippen molar-refractivity contribution < 1.29 is 28.7 Å². The quantitative estimate of drug-likeness (QED) is 0.126. The first-order chi connectivity index (χ1) is 20.2. The number of carbonyl (C=O) groups is 2. The Morgan fingerprint density at radius 2 is 1.74 bits per heavy atom. The standard InChI is InChI=1S/C34H35NO7/c1-20(36)41-32-14-12-28-25-11-9-22-17-31(30(40-3)19-26(22)24(25)15-16-34(28,32)2)42-29-13-10-23(35(38)39)18-27(29)33(37)21-7-5-4-6-8-21/h4-8,10,13,17-19,24-25,28,32H,9,11-12,14-16H2,1-3H3/t24-,25+,28-,32-,34-/m0/s1. The van der Waals surface area contributed by atoms with Gasteiger partial charge in [0.15, 0.2) is 17.3 Å². The van der Waals surface area contributed by atoms with Crippen molar-refractivity contribution in [2.75, 3.05) is 7.11 Å². The molecule has 218 valence electrons. The molecule has 3 aromatic rings. The molecular formula is C34H35NO7. The third kappa shape index (κ3) is 4.82. The molecule has 42 heavy (non-hydrogen) atoms. The summed E-state index contributed by atoms with van der Waals surface area (Å²) in [6.07, 6.45) is 5.94. The molecule has 0 aliphatic heterocycles. The largest absolute Gasteiger partial charge is 0.493 e. The predicted molar refractivity (Wildman–Crippen MR) is 156 cm³/mol. The summed E-state index contributed by atoms with van der Waals surface area (Å²) in [4.78, 5) is 36.2. The maximum Gasteiger partial charge on any atom is 0.302 e. The summed E-state index contributed by atoms with van der Waals surface area (Å²) < 4.78 is 17.9. The third-order valence-corrected chi connectivity index (χ3v) is 9.90. The van der Waals surface area contributed by atoms with Gasteiger partial charge in [0.05, 0.1) is 17.6 Å². The lowest BCUT2D eigenvalue weighted by atomic mass is 9.55. The lowest BCUT2D eigenvalue weighted by Gasteiger charge is -2.50. The average molecular weight is 570 g/mol. The lowest BCUT2D eigenvalue weighted by Crippen LogP contribution is -2.45. The van der Waals surface area contributed by atoms with E-state index in [1.165, 1.54) is 36.2 Å². The van der Waals surface area contributed by atoms with Crippen molar-refractivity contribution in [3.05, 3.63) is 93.0 Å². The van der Waals surface area contributed by atoms with Crippen LogP contribution in [0.4, 0.5) is 5.69 Å². The second-order valence-electron chi connectivity index (χ2n) is 12.1. The Labute approximate surface area is 245 Å². The molecule has 0 amide bonds. The van der Waals surface area contributed by atoms with Crippen molar-refractivity contribution in [3.8, 4) is 17.2 Å². The number of hydrogen-bond donors (Lipinski definition) is 0. The van der Waals surface area contributed by atoms with Crippen LogP contribution in [0.3, 0.4) is 0 Å². The minimum Gasteiger partial charge on any atom is -0.493 e. The van der Waals surface area contributed by atoms with E-state index in [2.05, 4.69) is 13.0 Å². The number of carbonyl (C=O) groups excluding carboxylic acids is 2. The number of fused-ring (bicyclic) bond motifs is 5. The molecule has 3 aliphatic rings. The Hall–Kier alpha value is -4.20. The molecule has 0 N–H and O–H groups in total. The molecule has 0 bridgehead atoms. The van der Waals surface area contributed by atoms with Crippen LogP contribution < -0.4 is 9.47 Å². The molecule has 3 aliphatic carbocycles. The molecule has 0 unspecified atom stereocenters. The van der Waals surface area contributed by atoms with Crippen LogP contribution in [0.25, 0.3) is 0 Å². The van der Waals surface area contributed by atoms with Gasteiger partial charge in [0.1, 0.15) is 11.9 Å². The first-order valence-corrected chi connectivity index (χ1v) is 14.6. The molecule has 0 spiro atoms. The Morgan fingerprint density at radius 3 is 2.45 bits per heavy atom. The molecule has 6 rings (SSSR count). The van der Waals surface area contributed by atoms with Gasteiger partial charge in [-0.1, -0.05) is 37.3 Å². The Morgan fingerprint density at radius 1 is 0.952 bits per heavy atom. The Kier molecular flexibility index (Phi) is 7.25. The normalized spacial score (nSPS) is 25.9. The number of nitro benzene ring substituents is 1. The molecule has 5 atom stereocenters. The molecule has 8 nitrogen and oxygen atoms in total. The fourth-order valence-corrected chi connectivity index (χ4v) is 7.92. The number of benzene rings is 3. The number of ether oxygens (including phenoxy) is 3. The van der Waals surface area contributed by atoms with Gasteiger partial charge < -0.3 is 14.2 Å². The number of esters is 1. The van der Waals surface area contributed by atoms with Crippen molar-refractivity contribution in [2.24, 2.45) is 17.3 Å². The van der Waals surface area contributed by atoms with Gasteiger partial charge in [0, 0.05) is 30.0 Å². The highest BCUT2D eigenvalue weighted by Gasteiger charge is 2.56. The number of rotatable bonds is 7. The van der Waals surface area contributed by atoms with Gasteiger partial charge in [0.25, 0.3) is 5.69 Å². The summed E-state index contributed by atoms with van der Waals surface area (Å²) in [5.41, 5.74) is 2.83. The Bertz CT molecular complexity index is 1550. The molecule has 2 saturated carbocycles. The van der Waals surface area contributed by atoms with Crippen LogP contribution in [-0.2, 0) is 16.0 Å². The van der Waals surface area contributed by atoms with Gasteiger partial charge in [0.2, 0.25) is 0 Å². The van der Waals surface area contributed by atoms with E-state index in [9.17, 15) is 19.7 Å². The fraction of sp³-hybridized carbons (Fsp3) is 0.412. The van der Waals surface area contributed by atoms with Crippen molar-refractivity contribution in [3.63, 3.8) is 0 Å². The average Bonchev–Trinajstić information content (AvgIpc) is 3.32. The summed E-state index contributed by atoms with van der Waals surface area (Å²) in [7, 11) is 1.60. The van der Waals surface area contributed by atoms with Gasteiger partial charge in [-0.05, 0) is 85.6 Å². The summed E-state index contributed by atoms with van der Waals surface area (Å²) in [6.45, 7) is 3.81. The van der Waals surface area contributed by atoms with E-state index in [0.29, 0.717) is 34.8 Å². The van der Waals surface area contributed by atoms with Gasteiger partial charge in [-0.2, -0.15) is 0 Å². The van der Waals surface area contributed by atoms with Gasteiger partial charge in [-0.25, -0.2) is 0 Å². The maximum atomic E-state index is 13.4. The van der Waals surface area contributed by atoms with Crippen molar-refractivity contribution in [1.29, 1.82) is 0 Å². The van der Waals surface area contributed by atoms with Crippen LogP contribution in [0.15, 0.2) is 60.7 Å². The van der Waals surface area contributed by atoms with E-state index >= 15 is 0 Å². The minimum absolute atomic E-state index is 0.00902. The maximum absolute atomic E-state index is 13.4. The molecule has 0 aromatic heterocycles. The van der Waals surface area contributed by atoms with Crippen LogP contribution in [0, 0.1) is 27.4 Å². The van der Waals surface area contributed by atoms with Crippen LogP contribution in [-0.4, -0.2) is 29.9 Å². The number of nitro groups is 1. The summed E-state index contributed by atoms with van der Waals surface area (Å²) in [5.74, 6) is 2.11. The number of hydrogen-bond acceptors (Lipinski definition) is 7. The molecule has 0 heterocycles. The smallest absolute Gasteiger partial charge is 0.302 e. The molecule has 2 fully saturated rings. The van der Waals surface area contributed by atoms with E-state index in [1.807, 2.05) is 12.1 Å². The van der Waals surface area contributed by atoms with Crippen LogP contribution in [0.1, 0.15) is 78.9 Å². The zero-order valence-corrected chi connectivity index (χ0v) is 24.1.